The van der Waals surface area contributed by atoms with E-state index >= 15 is 0 Å². The van der Waals surface area contributed by atoms with Crippen LogP contribution in [0.4, 0.5) is 0 Å². The highest BCUT2D eigenvalue weighted by molar-refractivity contribution is 6.29. The normalized spacial score (nSPS) is 12.3. The molecule has 0 aliphatic carbocycles. The maximum Gasteiger partial charge on any atom is 0.253 e. The second kappa shape index (κ2) is 6.01. The lowest BCUT2D eigenvalue weighted by molar-refractivity contribution is 0.627. The van der Waals surface area contributed by atoms with Crippen molar-refractivity contribution < 1.29 is 0 Å². The van der Waals surface area contributed by atoms with Crippen LogP contribution in [-0.2, 0) is 7.05 Å². The molecule has 0 amide bonds. The molecule has 3 rings (SSSR count). The van der Waals surface area contributed by atoms with E-state index < -0.39 is 0 Å². The molecule has 0 saturated carbocycles. The third kappa shape index (κ3) is 2.80. The summed E-state index contributed by atoms with van der Waals surface area (Å²) in [6.07, 6.45) is 5.15. The topological polar surface area (TPSA) is 52.7 Å². The second-order valence-electron chi connectivity index (χ2n) is 5.53. The summed E-state index contributed by atoms with van der Waals surface area (Å²) in [6, 6.07) is 7.54. The molecule has 6 heteroatoms. The summed E-state index contributed by atoms with van der Waals surface area (Å²) in [5.41, 5.74) is 2.39. The Morgan fingerprint density at radius 2 is 2.04 bits per heavy atom. The van der Waals surface area contributed by atoms with Gasteiger partial charge in [0.15, 0.2) is 0 Å². The van der Waals surface area contributed by atoms with Gasteiger partial charge in [-0.05, 0) is 32.0 Å². The quantitative estimate of drug-likeness (QED) is 0.741. The Morgan fingerprint density at radius 1 is 1.26 bits per heavy atom. The van der Waals surface area contributed by atoms with Crippen LogP contribution in [0.15, 0.2) is 47.7 Å². The molecule has 0 spiro atoms. The summed E-state index contributed by atoms with van der Waals surface area (Å²) < 4.78 is 3.48. The van der Waals surface area contributed by atoms with Crippen molar-refractivity contribution in [3.63, 3.8) is 0 Å². The zero-order valence-corrected chi connectivity index (χ0v) is 13.9. The van der Waals surface area contributed by atoms with Crippen molar-refractivity contribution in [2.75, 3.05) is 0 Å². The van der Waals surface area contributed by atoms with E-state index in [9.17, 15) is 4.79 Å². The standard InChI is InChI=1S/C17H17ClN4O/c1-11-8-13(10-21(3)17(11)23)16-20-9-15(18)22(16)12(2)14-6-4-5-7-19-14/h4-10,12H,1-3H3. The first-order valence-corrected chi connectivity index (χ1v) is 7.68. The fraction of sp³-hybridized carbons (Fsp3) is 0.235. The van der Waals surface area contributed by atoms with Crippen molar-refractivity contribution in [3.05, 3.63) is 69.6 Å². The summed E-state index contributed by atoms with van der Waals surface area (Å²) in [5.74, 6) is 0.715. The minimum absolute atomic E-state index is 0.0178. The van der Waals surface area contributed by atoms with E-state index in [4.69, 9.17) is 11.6 Å². The van der Waals surface area contributed by atoms with E-state index in [2.05, 4.69) is 9.97 Å². The van der Waals surface area contributed by atoms with E-state index in [-0.39, 0.29) is 11.6 Å². The third-order valence-electron chi connectivity index (χ3n) is 3.88. The number of imidazole rings is 1. The molecule has 3 aromatic heterocycles. The SMILES string of the molecule is Cc1cc(-c2ncc(Cl)n2C(C)c2ccccn2)cn(C)c1=O. The molecule has 0 saturated heterocycles. The molecular formula is C17H17ClN4O. The first-order chi connectivity index (χ1) is 11.0. The first kappa shape index (κ1) is 15.5. The van der Waals surface area contributed by atoms with Crippen molar-refractivity contribution >= 4 is 11.6 Å². The number of rotatable bonds is 3. The van der Waals surface area contributed by atoms with Gasteiger partial charge in [-0.25, -0.2) is 4.98 Å². The third-order valence-corrected chi connectivity index (χ3v) is 4.16. The Labute approximate surface area is 139 Å². The summed E-state index contributed by atoms with van der Waals surface area (Å²) in [7, 11) is 1.73. The Balaban J connectivity index is 2.15. The average molecular weight is 329 g/mol. The lowest BCUT2D eigenvalue weighted by Gasteiger charge is -2.17. The molecule has 0 fully saturated rings. The minimum Gasteiger partial charge on any atom is -0.318 e. The Morgan fingerprint density at radius 3 is 2.70 bits per heavy atom. The van der Waals surface area contributed by atoms with E-state index in [1.54, 1.807) is 37.1 Å². The van der Waals surface area contributed by atoms with E-state index in [0.717, 1.165) is 11.3 Å². The van der Waals surface area contributed by atoms with Crippen LogP contribution in [0.5, 0.6) is 0 Å². The summed E-state index contributed by atoms with van der Waals surface area (Å²) in [4.78, 5) is 20.7. The van der Waals surface area contributed by atoms with Gasteiger partial charge in [0, 0.05) is 30.6 Å². The lowest BCUT2D eigenvalue weighted by atomic mass is 10.1. The van der Waals surface area contributed by atoms with Crippen LogP contribution >= 0.6 is 11.6 Å². The molecule has 23 heavy (non-hydrogen) atoms. The van der Waals surface area contributed by atoms with Gasteiger partial charge in [-0.1, -0.05) is 17.7 Å². The predicted molar refractivity (Wildman–Crippen MR) is 90.7 cm³/mol. The maximum absolute atomic E-state index is 11.9. The fourth-order valence-corrected chi connectivity index (χ4v) is 2.95. The first-order valence-electron chi connectivity index (χ1n) is 7.30. The van der Waals surface area contributed by atoms with Gasteiger partial charge in [-0.15, -0.1) is 0 Å². The molecule has 3 aromatic rings. The predicted octanol–water partition coefficient (Wildman–Crippen LogP) is 3.21. The van der Waals surface area contributed by atoms with Gasteiger partial charge in [0.25, 0.3) is 5.56 Å². The monoisotopic (exact) mass is 328 g/mol. The molecular weight excluding hydrogens is 312 g/mol. The number of aromatic nitrogens is 4. The molecule has 3 heterocycles. The molecule has 0 aliphatic rings. The van der Waals surface area contributed by atoms with Crippen molar-refractivity contribution in [2.24, 2.45) is 7.05 Å². The molecule has 5 nitrogen and oxygen atoms in total. The summed E-state index contributed by atoms with van der Waals surface area (Å²) in [5, 5.41) is 0.532. The van der Waals surface area contributed by atoms with Crippen molar-refractivity contribution in [2.45, 2.75) is 19.9 Å². The Bertz CT molecular complexity index is 872. The van der Waals surface area contributed by atoms with Crippen molar-refractivity contribution in [1.29, 1.82) is 0 Å². The molecule has 0 aliphatic heterocycles. The van der Waals surface area contributed by atoms with Gasteiger partial charge >= 0.3 is 0 Å². The van der Waals surface area contributed by atoms with Gasteiger partial charge in [-0.3, -0.25) is 9.78 Å². The Hall–Kier alpha value is -2.40. The number of pyridine rings is 2. The summed E-state index contributed by atoms with van der Waals surface area (Å²) >= 11 is 6.35. The van der Waals surface area contributed by atoms with Crippen LogP contribution in [-0.4, -0.2) is 19.1 Å². The van der Waals surface area contributed by atoms with Gasteiger partial charge in [0.1, 0.15) is 11.0 Å². The molecule has 0 radical (unpaired) electrons. The average Bonchev–Trinajstić information content (AvgIpc) is 2.94. The molecule has 0 bridgehead atoms. The molecule has 118 valence electrons. The van der Waals surface area contributed by atoms with E-state index in [1.165, 1.54) is 0 Å². The summed E-state index contributed by atoms with van der Waals surface area (Å²) in [6.45, 7) is 3.82. The molecule has 1 unspecified atom stereocenters. The van der Waals surface area contributed by atoms with Gasteiger partial charge in [-0.2, -0.15) is 0 Å². The van der Waals surface area contributed by atoms with Crippen LogP contribution < -0.4 is 5.56 Å². The van der Waals surface area contributed by atoms with E-state index in [1.807, 2.05) is 35.8 Å². The number of nitrogens with zero attached hydrogens (tertiary/aromatic N) is 4. The highest BCUT2D eigenvalue weighted by atomic mass is 35.5. The van der Waals surface area contributed by atoms with Crippen LogP contribution in [0, 0.1) is 6.92 Å². The zero-order valence-electron chi connectivity index (χ0n) is 13.2. The number of aryl methyl sites for hydroxylation is 2. The Kier molecular flexibility index (Phi) is 4.05. The minimum atomic E-state index is -0.0706. The van der Waals surface area contributed by atoms with Crippen molar-refractivity contribution in [1.82, 2.24) is 19.1 Å². The highest BCUT2D eigenvalue weighted by Crippen LogP contribution is 2.29. The van der Waals surface area contributed by atoms with Crippen molar-refractivity contribution in [3.8, 4) is 11.4 Å². The van der Waals surface area contributed by atoms with Crippen LogP contribution in [0.25, 0.3) is 11.4 Å². The molecule has 0 N–H and O–H groups in total. The smallest absolute Gasteiger partial charge is 0.253 e. The number of halogens is 1. The number of hydrogen-bond donors (Lipinski definition) is 0. The zero-order chi connectivity index (χ0) is 16.6. The fourth-order valence-electron chi connectivity index (χ4n) is 2.68. The molecule has 1 atom stereocenters. The van der Waals surface area contributed by atoms with E-state index in [0.29, 0.717) is 16.5 Å². The van der Waals surface area contributed by atoms with Crippen LogP contribution in [0.1, 0.15) is 24.2 Å². The van der Waals surface area contributed by atoms with Gasteiger partial charge < -0.3 is 9.13 Å². The largest absolute Gasteiger partial charge is 0.318 e. The molecule has 0 aromatic carbocycles. The second-order valence-corrected chi connectivity index (χ2v) is 5.92. The van der Waals surface area contributed by atoms with Gasteiger partial charge in [0.05, 0.1) is 17.9 Å². The van der Waals surface area contributed by atoms with Crippen LogP contribution in [0.2, 0.25) is 5.15 Å². The lowest BCUT2D eigenvalue weighted by Crippen LogP contribution is -2.19. The number of hydrogen-bond acceptors (Lipinski definition) is 3. The highest BCUT2D eigenvalue weighted by Gasteiger charge is 2.19. The maximum atomic E-state index is 11.9. The van der Waals surface area contributed by atoms with Gasteiger partial charge in [0.2, 0.25) is 0 Å². The van der Waals surface area contributed by atoms with Crippen LogP contribution in [0.3, 0.4) is 0 Å².